The number of benzene rings is 2. The quantitative estimate of drug-likeness (QED) is 0.622. The highest BCUT2D eigenvalue weighted by molar-refractivity contribution is 5.94. The van der Waals surface area contributed by atoms with Gasteiger partial charge in [0.15, 0.2) is 0 Å². The number of fused-ring (bicyclic) bond motifs is 5. The molecule has 4 unspecified atom stereocenters. The summed E-state index contributed by atoms with van der Waals surface area (Å²) in [4.78, 5) is 8.25. The Morgan fingerprint density at radius 1 is 0.800 bits per heavy atom. The van der Waals surface area contributed by atoms with Crippen molar-refractivity contribution in [1.82, 2.24) is 4.90 Å². The van der Waals surface area contributed by atoms with Crippen LogP contribution in [0.25, 0.3) is 0 Å². The minimum absolute atomic E-state index is 0.384. The second-order valence-corrected chi connectivity index (χ2v) is 10.3. The van der Waals surface area contributed by atoms with Gasteiger partial charge in [-0.05, 0) is 74.1 Å². The Kier molecular flexibility index (Phi) is 4.99. The number of nitrogens with zero attached hydrogens (tertiary/aromatic N) is 2. The summed E-state index contributed by atoms with van der Waals surface area (Å²) >= 11 is 0. The molecule has 4 bridgehead atoms. The van der Waals surface area contributed by atoms with Crippen LogP contribution < -0.4 is 0 Å². The Balaban J connectivity index is 1.37. The summed E-state index contributed by atoms with van der Waals surface area (Å²) < 4.78 is 0. The summed E-state index contributed by atoms with van der Waals surface area (Å²) in [6, 6.07) is 22.8. The number of rotatable bonds is 5. The summed E-state index contributed by atoms with van der Waals surface area (Å²) in [7, 11) is 0. The molecular formula is C28H34N2. The lowest BCUT2D eigenvalue weighted by molar-refractivity contribution is 0.135. The highest BCUT2D eigenvalue weighted by Gasteiger charge is 2.45. The zero-order valence-corrected chi connectivity index (χ0v) is 18.0. The molecule has 0 aromatic heterocycles. The Morgan fingerprint density at radius 3 is 2.03 bits per heavy atom. The topological polar surface area (TPSA) is 15.6 Å². The lowest BCUT2D eigenvalue weighted by Crippen LogP contribution is -2.58. The van der Waals surface area contributed by atoms with Gasteiger partial charge in [0.1, 0.15) is 0 Å². The first-order valence-electron chi connectivity index (χ1n) is 12.2. The molecule has 0 spiro atoms. The van der Waals surface area contributed by atoms with Crippen molar-refractivity contribution in [1.29, 1.82) is 0 Å². The first-order chi connectivity index (χ1) is 14.9. The third-order valence-electron chi connectivity index (χ3n) is 8.67. The third-order valence-corrected chi connectivity index (χ3v) is 8.67. The summed E-state index contributed by atoms with van der Waals surface area (Å²) in [6.45, 7) is 3.56. The Hall–Kier alpha value is -1.93. The van der Waals surface area contributed by atoms with Gasteiger partial charge in [0.05, 0.1) is 6.04 Å². The van der Waals surface area contributed by atoms with Gasteiger partial charge in [-0.25, -0.2) is 0 Å². The van der Waals surface area contributed by atoms with Crippen molar-refractivity contribution >= 4 is 5.71 Å². The minimum Gasteiger partial charge on any atom is -0.294 e. The van der Waals surface area contributed by atoms with Crippen LogP contribution in [-0.2, 0) is 0 Å². The lowest BCUT2D eigenvalue weighted by Gasteiger charge is -2.50. The van der Waals surface area contributed by atoms with E-state index in [1.165, 1.54) is 68.5 Å². The predicted octanol–water partition coefficient (Wildman–Crippen LogP) is 5.79. The van der Waals surface area contributed by atoms with Crippen molar-refractivity contribution < 1.29 is 0 Å². The van der Waals surface area contributed by atoms with E-state index in [1.54, 1.807) is 0 Å². The molecular weight excluding hydrogens is 364 g/mol. The molecule has 2 heteroatoms. The van der Waals surface area contributed by atoms with Crippen LogP contribution in [0.5, 0.6) is 0 Å². The van der Waals surface area contributed by atoms with Gasteiger partial charge in [0, 0.05) is 24.1 Å². The van der Waals surface area contributed by atoms with Crippen LogP contribution in [0.3, 0.4) is 0 Å². The highest BCUT2D eigenvalue weighted by atomic mass is 15.2. The molecule has 156 valence electrons. The molecule has 2 aromatic rings. The lowest BCUT2D eigenvalue weighted by atomic mass is 9.72. The fourth-order valence-corrected chi connectivity index (χ4v) is 7.21. The van der Waals surface area contributed by atoms with Gasteiger partial charge in [-0.1, -0.05) is 67.1 Å². The zero-order chi connectivity index (χ0) is 19.9. The molecule has 3 heterocycles. The average molecular weight is 399 g/mol. The van der Waals surface area contributed by atoms with Gasteiger partial charge in [0.2, 0.25) is 0 Å². The average Bonchev–Trinajstić information content (AvgIpc) is 3.44. The van der Waals surface area contributed by atoms with E-state index in [2.05, 4.69) is 65.6 Å². The van der Waals surface area contributed by atoms with E-state index < -0.39 is 0 Å². The molecule has 0 amide bonds. The number of piperidine rings is 3. The van der Waals surface area contributed by atoms with E-state index in [1.807, 2.05) is 0 Å². The van der Waals surface area contributed by atoms with Crippen molar-refractivity contribution in [2.75, 3.05) is 19.6 Å². The molecule has 0 N–H and O–H groups in total. The van der Waals surface area contributed by atoms with Crippen molar-refractivity contribution in [2.24, 2.45) is 28.7 Å². The first kappa shape index (κ1) is 18.8. The minimum atomic E-state index is 0.384. The van der Waals surface area contributed by atoms with Gasteiger partial charge >= 0.3 is 0 Å². The SMILES string of the molecule is c1ccc(C(c2ccccc2)C2C(=NCC3CC4CCC3C4)C3CCN2CC3)cc1. The van der Waals surface area contributed by atoms with Crippen molar-refractivity contribution in [3.63, 3.8) is 0 Å². The standard InChI is InChI=1S/C28H34N2/c1-3-7-21(8-4-1)26(22-9-5-2-6-10-22)28-27(23-13-15-30(28)16-14-23)29-19-25-18-20-11-12-24(25)17-20/h1-10,20,23-26,28H,11-19H2. The Bertz CT molecular complexity index is 842. The summed E-state index contributed by atoms with van der Waals surface area (Å²) in [5.74, 6) is 3.93. The molecule has 0 radical (unpaired) electrons. The van der Waals surface area contributed by atoms with Crippen molar-refractivity contribution in [2.45, 2.75) is 50.5 Å². The maximum absolute atomic E-state index is 5.49. The molecule has 3 saturated heterocycles. The molecule has 2 nitrogen and oxygen atoms in total. The van der Waals surface area contributed by atoms with E-state index in [0.717, 1.165) is 24.3 Å². The van der Waals surface area contributed by atoms with E-state index >= 15 is 0 Å². The van der Waals surface area contributed by atoms with E-state index in [0.29, 0.717) is 17.9 Å². The molecule has 7 rings (SSSR count). The number of hydrogen-bond donors (Lipinski definition) is 0. The monoisotopic (exact) mass is 398 g/mol. The molecule has 2 saturated carbocycles. The maximum Gasteiger partial charge on any atom is 0.0589 e. The van der Waals surface area contributed by atoms with Crippen LogP contribution in [0.4, 0.5) is 0 Å². The van der Waals surface area contributed by atoms with Gasteiger partial charge in [-0.15, -0.1) is 0 Å². The first-order valence-corrected chi connectivity index (χ1v) is 12.2. The number of hydrogen-bond acceptors (Lipinski definition) is 2. The molecule has 30 heavy (non-hydrogen) atoms. The largest absolute Gasteiger partial charge is 0.294 e. The van der Waals surface area contributed by atoms with Gasteiger partial charge in [-0.2, -0.15) is 0 Å². The van der Waals surface area contributed by atoms with Crippen LogP contribution in [-0.4, -0.2) is 36.3 Å². The van der Waals surface area contributed by atoms with Crippen LogP contribution in [0, 0.1) is 23.7 Å². The van der Waals surface area contributed by atoms with Crippen LogP contribution in [0.1, 0.15) is 55.6 Å². The fraction of sp³-hybridized carbons (Fsp3) is 0.536. The Labute approximate surface area is 181 Å². The highest BCUT2D eigenvalue weighted by Crippen LogP contribution is 2.48. The molecule has 5 aliphatic rings. The summed E-state index contributed by atoms with van der Waals surface area (Å²) in [5.41, 5.74) is 4.41. The van der Waals surface area contributed by atoms with Crippen molar-refractivity contribution in [3.05, 3.63) is 71.8 Å². The van der Waals surface area contributed by atoms with E-state index in [-0.39, 0.29) is 0 Å². The third kappa shape index (κ3) is 3.34. The number of aliphatic imine (C=N–C) groups is 1. The molecule has 2 aliphatic carbocycles. The predicted molar refractivity (Wildman–Crippen MR) is 124 cm³/mol. The van der Waals surface area contributed by atoms with Gasteiger partial charge in [0.25, 0.3) is 0 Å². The van der Waals surface area contributed by atoms with Crippen molar-refractivity contribution in [3.8, 4) is 0 Å². The second kappa shape index (κ2) is 7.96. The normalized spacial score (nSPS) is 36.1. The van der Waals surface area contributed by atoms with E-state index in [4.69, 9.17) is 4.99 Å². The van der Waals surface area contributed by atoms with E-state index in [9.17, 15) is 0 Å². The summed E-state index contributed by atoms with van der Waals surface area (Å²) in [6.07, 6.45) is 8.51. The van der Waals surface area contributed by atoms with Crippen LogP contribution >= 0.6 is 0 Å². The zero-order valence-electron chi connectivity index (χ0n) is 18.0. The maximum atomic E-state index is 5.49. The molecule has 5 fully saturated rings. The molecule has 3 aliphatic heterocycles. The second-order valence-electron chi connectivity index (χ2n) is 10.3. The molecule has 4 atom stereocenters. The van der Waals surface area contributed by atoms with Crippen LogP contribution in [0.2, 0.25) is 0 Å². The fourth-order valence-electron chi connectivity index (χ4n) is 7.21. The van der Waals surface area contributed by atoms with Gasteiger partial charge in [-0.3, -0.25) is 9.89 Å². The summed E-state index contributed by atoms with van der Waals surface area (Å²) in [5, 5.41) is 0. The van der Waals surface area contributed by atoms with Crippen LogP contribution in [0.15, 0.2) is 65.7 Å². The molecule has 2 aromatic carbocycles. The Morgan fingerprint density at radius 2 is 1.47 bits per heavy atom. The van der Waals surface area contributed by atoms with Gasteiger partial charge < -0.3 is 0 Å². The smallest absolute Gasteiger partial charge is 0.0589 e.